The van der Waals surface area contributed by atoms with E-state index in [2.05, 4.69) is 34.7 Å². The number of oxazole rings is 1. The summed E-state index contributed by atoms with van der Waals surface area (Å²) in [6.07, 6.45) is 2.62. The van der Waals surface area contributed by atoms with Crippen LogP contribution >= 0.6 is 0 Å². The van der Waals surface area contributed by atoms with E-state index in [0.29, 0.717) is 12.0 Å². The maximum atomic E-state index is 5.37. The van der Waals surface area contributed by atoms with Gasteiger partial charge in [-0.1, -0.05) is 19.4 Å². The first-order valence-electron chi connectivity index (χ1n) is 6.45. The third-order valence-electron chi connectivity index (χ3n) is 3.49. The maximum Gasteiger partial charge on any atom is 0.181 e. The highest BCUT2D eigenvalue weighted by Gasteiger charge is 2.20. The molecule has 0 aliphatic heterocycles. The molecule has 4 nitrogen and oxygen atoms in total. The lowest BCUT2D eigenvalue weighted by atomic mass is 9.90. The molecule has 4 heteroatoms. The molecule has 1 aromatic heterocycles. The smallest absolute Gasteiger partial charge is 0.181 e. The summed E-state index contributed by atoms with van der Waals surface area (Å²) in [6.45, 7) is 3.22. The molecule has 0 fully saturated rings. The second-order valence-corrected chi connectivity index (χ2v) is 4.57. The van der Waals surface area contributed by atoms with Crippen LogP contribution in [0.25, 0.3) is 11.1 Å². The molecule has 0 aliphatic carbocycles. The van der Waals surface area contributed by atoms with Crippen molar-refractivity contribution < 1.29 is 4.42 Å². The van der Waals surface area contributed by atoms with Gasteiger partial charge in [0, 0.05) is 6.04 Å². The maximum absolute atomic E-state index is 5.37. The van der Waals surface area contributed by atoms with Crippen LogP contribution in [0.4, 0.5) is 0 Å². The van der Waals surface area contributed by atoms with Crippen molar-refractivity contribution in [3.63, 3.8) is 0 Å². The number of rotatable bonds is 6. The van der Waals surface area contributed by atoms with Crippen LogP contribution in [0.5, 0.6) is 0 Å². The Morgan fingerprint density at radius 3 is 2.83 bits per heavy atom. The van der Waals surface area contributed by atoms with Crippen molar-refractivity contribution in [3.8, 4) is 0 Å². The van der Waals surface area contributed by atoms with Crippen LogP contribution in [0.3, 0.4) is 0 Å². The molecular weight excluding hydrogens is 226 g/mol. The zero-order chi connectivity index (χ0) is 13.0. The van der Waals surface area contributed by atoms with E-state index in [4.69, 9.17) is 4.42 Å². The second-order valence-electron chi connectivity index (χ2n) is 4.57. The SMILES string of the molecule is CCC(CNC)C(NC)c1ccc2ncoc2c1. The predicted molar refractivity (Wildman–Crippen MR) is 73.5 cm³/mol. The Morgan fingerprint density at radius 2 is 2.17 bits per heavy atom. The van der Waals surface area contributed by atoms with Crippen LogP contribution in [0, 0.1) is 5.92 Å². The molecule has 98 valence electrons. The van der Waals surface area contributed by atoms with E-state index >= 15 is 0 Å². The van der Waals surface area contributed by atoms with Crippen molar-refractivity contribution >= 4 is 11.1 Å². The van der Waals surface area contributed by atoms with Crippen molar-refractivity contribution in [1.82, 2.24) is 15.6 Å². The summed E-state index contributed by atoms with van der Waals surface area (Å²) in [5, 5.41) is 6.67. The molecule has 2 unspecified atom stereocenters. The topological polar surface area (TPSA) is 50.1 Å². The van der Waals surface area contributed by atoms with Gasteiger partial charge in [0.2, 0.25) is 0 Å². The lowest BCUT2D eigenvalue weighted by Gasteiger charge is -2.26. The fourth-order valence-corrected chi connectivity index (χ4v) is 2.50. The summed E-state index contributed by atoms with van der Waals surface area (Å²) >= 11 is 0. The van der Waals surface area contributed by atoms with Crippen LogP contribution in [0.15, 0.2) is 29.0 Å². The quantitative estimate of drug-likeness (QED) is 0.822. The first-order chi connectivity index (χ1) is 8.80. The van der Waals surface area contributed by atoms with E-state index in [9.17, 15) is 0 Å². The van der Waals surface area contributed by atoms with Crippen LogP contribution in [0.1, 0.15) is 24.9 Å². The Kier molecular flexibility index (Phi) is 4.33. The number of benzene rings is 1. The second kappa shape index (κ2) is 5.98. The Morgan fingerprint density at radius 1 is 1.33 bits per heavy atom. The fourth-order valence-electron chi connectivity index (χ4n) is 2.50. The number of nitrogens with one attached hydrogen (secondary N) is 2. The van der Waals surface area contributed by atoms with E-state index < -0.39 is 0 Å². The first-order valence-corrected chi connectivity index (χ1v) is 6.45. The van der Waals surface area contributed by atoms with Gasteiger partial charge in [0.15, 0.2) is 12.0 Å². The van der Waals surface area contributed by atoms with Crippen molar-refractivity contribution in [2.75, 3.05) is 20.6 Å². The molecule has 0 saturated heterocycles. The van der Waals surface area contributed by atoms with Gasteiger partial charge in [-0.2, -0.15) is 0 Å². The van der Waals surface area contributed by atoms with E-state index in [1.54, 1.807) is 0 Å². The van der Waals surface area contributed by atoms with Crippen LogP contribution < -0.4 is 10.6 Å². The molecule has 2 rings (SSSR count). The molecule has 0 saturated carbocycles. The van der Waals surface area contributed by atoms with Gasteiger partial charge in [-0.25, -0.2) is 4.98 Å². The van der Waals surface area contributed by atoms with Crippen LogP contribution in [0.2, 0.25) is 0 Å². The van der Waals surface area contributed by atoms with Gasteiger partial charge in [0.05, 0.1) is 0 Å². The lowest BCUT2D eigenvalue weighted by molar-refractivity contribution is 0.359. The summed E-state index contributed by atoms with van der Waals surface area (Å²) < 4.78 is 5.37. The molecule has 0 amide bonds. The third kappa shape index (κ3) is 2.54. The monoisotopic (exact) mass is 247 g/mol. The minimum absolute atomic E-state index is 0.331. The zero-order valence-electron chi connectivity index (χ0n) is 11.2. The Hall–Kier alpha value is -1.39. The fraction of sp³-hybridized carbons (Fsp3) is 0.500. The molecule has 18 heavy (non-hydrogen) atoms. The van der Waals surface area contributed by atoms with Gasteiger partial charge < -0.3 is 15.1 Å². The minimum atomic E-state index is 0.331. The van der Waals surface area contributed by atoms with Gasteiger partial charge in [-0.3, -0.25) is 0 Å². The summed E-state index contributed by atoms with van der Waals surface area (Å²) in [6, 6.07) is 6.56. The van der Waals surface area contributed by atoms with Gasteiger partial charge in [-0.15, -0.1) is 0 Å². The van der Waals surface area contributed by atoms with E-state index in [1.165, 1.54) is 12.0 Å². The third-order valence-corrected chi connectivity index (χ3v) is 3.49. The Balaban J connectivity index is 2.29. The normalized spacial score (nSPS) is 14.8. The standard InChI is InChI=1S/C14H21N3O/c1-4-10(8-15-2)14(16-3)11-5-6-12-13(7-11)18-9-17-12/h5-7,9-10,14-16H,4,8H2,1-3H3. The van der Waals surface area contributed by atoms with Crippen LogP contribution in [-0.4, -0.2) is 25.6 Å². The average molecular weight is 247 g/mol. The molecule has 1 heterocycles. The molecule has 0 bridgehead atoms. The highest BCUT2D eigenvalue weighted by atomic mass is 16.3. The van der Waals surface area contributed by atoms with Crippen molar-refractivity contribution in [2.45, 2.75) is 19.4 Å². The van der Waals surface area contributed by atoms with Crippen molar-refractivity contribution in [3.05, 3.63) is 30.2 Å². The summed E-state index contributed by atoms with van der Waals surface area (Å²) in [5.74, 6) is 0.556. The summed E-state index contributed by atoms with van der Waals surface area (Å²) in [7, 11) is 4.00. The van der Waals surface area contributed by atoms with Gasteiger partial charge in [0.1, 0.15) is 5.52 Å². The largest absolute Gasteiger partial charge is 0.443 e. The summed E-state index contributed by atoms with van der Waals surface area (Å²) in [4.78, 5) is 4.15. The van der Waals surface area contributed by atoms with Crippen molar-refractivity contribution in [1.29, 1.82) is 0 Å². The number of hydrogen-bond donors (Lipinski definition) is 2. The van der Waals surface area contributed by atoms with Crippen molar-refractivity contribution in [2.24, 2.45) is 5.92 Å². The molecule has 0 aliphatic rings. The van der Waals surface area contributed by atoms with Gasteiger partial charge in [-0.05, 0) is 44.3 Å². The number of nitrogens with zero attached hydrogens (tertiary/aromatic N) is 1. The van der Waals surface area contributed by atoms with E-state index in [0.717, 1.165) is 24.1 Å². The zero-order valence-corrected chi connectivity index (χ0v) is 11.2. The molecule has 0 spiro atoms. The number of fused-ring (bicyclic) bond motifs is 1. The molecule has 1 aromatic carbocycles. The molecule has 2 N–H and O–H groups in total. The average Bonchev–Trinajstić information content (AvgIpc) is 2.86. The van der Waals surface area contributed by atoms with Crippen LogP contribution in [-0.2, 0) is 0 Å². The molecule has 2 aromatic rings. The highest BCUT2D eigenvalue weighted by Crippen LogP contribution is 2.26. The molecule has 2 atom stereocenters. The number of aromatic nitrogens is 1. The minimum Gasteiger partial charge on any atom is -0.443 e. The Bertz CT molecular complexity index is 494. The Labute approximate surface area is 108 Å². The summed E-state index contributed by atoms with van der Waals surface area (Å²) in [5.41, 5.74) is 3.02. The molecule has 0 radical (unpaired) electrons. The van der Waals surface area contributed by atoms with E-state index in [1.807, 2.05) is 20.2 Å². The number of hydrogen-bond acceptors (Lipinski definition) is 4. The highest BCUT2D eigenvalue weighted by molar-refractivity contribution is 5.72. The van der Waals surface area contributed by atoms with Gasteiger partial charge in [0.25, 0.3) is 0 Å². The predicted octanol–water partition coefficient (Wildman–Crippen LogP) is 2.33. The molecular formula is C14H21N3O. The first kappa shape index (κ1) is 13.1. The van der Waals surface area contributed by atoms with Gasteiger partial charge >= 0.3 is 0 Å². The lowest BCUT2D eigenvalue weighted by Crippen LogP contribution is -2.31. The van der Waals surface area contributed by atoms with E-state index in [-0.39, 0.29) is 0 Å².